The first-order chi connectivity index (χ1) is 8.15. The van der Waals surface area contributed by atoms with Gasteiger partial charge in [-0.1, -0.05) is 13.3 Å². The van der Waals surface area contributed by atoms with Gasteiger partial charge >= 0.3 is 0 Å². The second kappa shape index (κ2) is 6.61. The van der Waals surface area contributed by atoms with Crippen molar-refractivity contribution in [2.45, 2.75) is 33.2 Å². The first-order valence-electron chi connectivity index (χ1n) is 6.24. The molecule has 5 heteroatoms. The van der Waals surface area contributed by atoms with Crippen molar-refractivity contribution in [3.8, 4) is 0 Å². The number of hydrogen-bond acceptors (Lipinski definition) is 4. The van der Waals surface area contributed by atoms with E-state index < -0.39 is 0 Å². The Labute approximate surface area is 103 Å². The molecule has 0 unspecified atom stereocenters. The van der Waals surface area contributed by atoms with Gasteiger partial charge in [0.1, 0.15) is 5.82 Å². The van der Waals surface area contributed by atoms with Crippen molar-refractivity contribution >= 4 is 5.82 Å². The summed E-state index contributed by atoms with van der Waals surface area (Å²) in [5, 5.41) is 13.6. The predicted molar refractivity (Wildman–Crippen MR) is 70.0 cm³/mol. The molecule has 1 rings (SSSR count). The third-order valence-electron chi connectivity index (χ3n) is 2.97. The first-order valence-corrected chi connectivity index (χ1v) is 6.24. The second-order valence-electron chi connectivity index (χ2n) is 4.28. The van der Waals surface area contributed by atoms with E-state index >= 15 is 0 Å². The number of nitrogens with zero attached hydrogens (tertiary/aromatic N) is 3. The van der Waals surface area contributed by atoms with Crippen LogP contribution in [0.2, 0.25) is 0 Å². The smallest absolute Gasteiger partial charge is 0.131 e. The Morgan fingerprint density at radius 1 is 1.41 bits per heavy atom. The quantitative estimate of drug-likeness (QED) is 0.739. The summed E-state index contributed by atoms with van der Waals surface area (Å²) >= 11 is 0. The summed E-state index contributed by atoms with van der Waals surface area (Å²) < 4.78 is 1.86. The minimum absolute atomic E-state index is 0.151. The Hall–Kier alpha value is -1.07. The maximum absolute atomic E-state index is 9.16. The van der Waals surface area contributed by atoms with E-state index in [0.717, 1.165) is 36.5 Å². The highest BCUT2D eigenvalue weighted by molar-refractivity contribution is 5.50. The van der Waals surface area contributed by atoms with Gasteiger partial charge in [0.05, 0.1) is 12.3 Å². The predicted octanol–water partition coefficient (Wildman–Crippen LogP) is 0.786. The third-order valence-corrected chi connectivity index (χ3v) is 2.97. The van der Waals surface area contributed by atoms with Gasteiger partial charge < -0.3 is 15.7 Å². The molecule has 0 fully saturated rings. The number of aryl methyl sites for hydroxylation is 2. The Morgan fingerprint density at radius 3 is 2.65 bits per heavy atom. The largest absolute Gasteiger partial charge is 0.395 e. The molecule has 0 bridgehead atoms. The van der Waals surface area contributed by atoms with E-state index in [2.05, 4.69) is 16.9 Å². The monoisotopic (exact) mass is 240 g/mol. The number of rotatable bonds is 7. The number of anilines is 1. The molecule has 0 aliphatic carbocycles. The summed E-state index contributed by atoms with van der Waals surface area (Å²) in [7, 11) is 1.93. The Kier molecular flexibility index (Phi) is 5.44. The maximum atomic E-state index is 9.16. The molecule has 0 aromatic carbocycles. The Balaban J connectivity index is 2.99. The lowest BCUT2D eigenvalue weighted by Gasteiger charge is -2.24. The normalized spacial score (nSPS) is 10.9. The highest BCUT2D eigenvalue weighted by Gasteiger charge is 2.17. The zero-order chi connectivity index (χ0) is 12.8. The number of aliphatic hydroxyl groups excluding tert-OH is 1. The van der Waals surface area contributed by atoms with Gasteiger partial charge in [0.15, 0.2) is 0 Å². The molecular weight excluding hydrogens is 216 g/mol. The molecule has 3 N–H and O–H groups in total. The van der Waals surface area contributed by atoms with Gasteiger partial charge in [-0.2, -0.15) is 5.10 Å². The molecule has 0 saturated heterocycles. The molecule has 1 heterocycles. The summed E-state index contributed by atoms with van der Waals surface area (Å²) in [4.78, 5) is 2.17. The van der Waals surface area contributed by atoms with Crippen LogP contribution >= 0.6 is 0 Å². The molecule has 5 nitrogen and oxygen atoms in total. The van der Waals surface area contributed by atoms with E-state index in [4.69, 9.17) is 10.8 Å². The first kappa shape index (κ1) is 14.0. The van der Waals surface area contributed by atoms with Gasteiger partial charge in [-0.3, -0.25) is 4.68 Å². The van der Waals surface area contributed by atoms with E-state index in [1.807, 2.05) is 18.7 Å². The molecule has 0 aliphatic heterocycles. The lowest BCUT2D eigenvalue weighted by Crippen LogP contribution is -2.30. The van der Waals surface area contributed by atoms with E-state index in [1.165, 1.54) is 0 Å². The second-order valence-corrected chi connectivity index (χ2v) is 4.28. The summed E-state index contributed by atoms with van der Waals surface area (Å²) in [5.41, 5.74) is 7.84. The van der Waals surface area contributed by atoms with Crippen molar-refractivity contribution in [3.63, 3.8) is 0 Å². The molecule has 0 atom stereocenters. The number of nitrogens with two attached hydrogens (primary N) is 1. The zero-order valence-electron chi connectivity index (χ0n) is 11.1. The average molecular weight is 240 g/mol. The SMILES string of the molecule is CCCCN(CCO)c1c(CN)c(C)nn1C. The summed E-state index contributed by atoms with van der Waals surface area (Å²) in [6.07, 6.45) is 2.24. The fourth-order valence-corrected chi connectivity index (χ4v) is 2.12. The van der Waals surface area contributed by atoms with Crippen molar-refractivity contribution in [3.05, 3.63) is 11.3 Å². The van der Waals surface area contributed by atoms with Gasteiger partial charge in [0, 0.05) is 32.2 Å². The fraction of sp³-hybridized carbons (Fsp3) is 0.750. The Bertz CT molecular complexity index is 349. The molecular formula is C12H24N4O. The standard InChI is InChI=1S/C12H24N4O/c1-4-5-6-16(7-8-17)12-11(9-13)10(2)14-15(12)3/h17H,4-9,13H2,1-3H3. The Morgan fingerprint density at radius 2 is 2.12 bits per heavy atom. The molecule has 0 amide bonds. The van der Waals surface area contributed by atoms with Crippen molar-refractivity contribution in [2.24, 2.45) is 12.8 Å². The van der Waals surface area contributed by atoms with Crippen LogP contribution in [0.3, 0.4) is 0 Å². The molecule has 0 aliphatic rings. The van der Waals surface area contributed by atoms with Crippen LogP contribution < -0.4 is 10.6 Å². The van der Waals surface area contributed by atoms with Crippen molar-refractivity contribution < 1.29 is 5.11 Å². The molecule has 1 aromatic rings. The highest BCUT2D eigenvalue weighted by atomic mass is 16.3. The van der Waals surface area contributed by atoms with Crippen LogP contribution in [0.5, 0.6) is 0 Å². The van der Waals surface area contributed by atoms with Gasteiger partial charge in [-0.05, 0) is 13.3 Å². The molecule has 0 saturated carbocycles. The minimum atomic E-state index is 0.151. The third kappa shape index (κ3) is 3.20. The van der Waals surface area contributed by atoms with Crippen LogP contribution in [0.1, 0.15) is 31.0 Å². The molecule has 1 aromatic heterocycles. The van der Waals surface area contributed by atoms with Crippen LogP contribution in [0.25, 0.3) is 0 Å². The van der Waals surface area contributed by atoms with Gasteiger partial charge in [0.25, 0.3) is 0 Å². The van der Waals surface area contributed by atoms with Crippen LogP contribution in [0.15, 0.2) is 0 Å². The fourth-order valence-electron chi connectivity index (χ4n) is 2.12. The summed E-state index contributed by atoms with van der Waals surface area (Å²) in [6.45, 7) is 6.34. The zero-order valence-corrected chi connectivity index (χ0v) is 11.1. The topological polar surface area (TPSA) is 67.3 Å². The maximum Gasteiger partial charge on any atom is 0.131 e. The van der Waals surface area contributed by atoms with E-state index in [0.29, 0.717) is 13.1 Å². The van der Waals surface area contributed by atoms with E-state index in [1.54, 1.807) is 0 Å². The lowest BCUT2D eigenvalue weighted by molar-refractivity contribution is 0.300. The average Bonchev–Trinajstić information content (AvgIpc) is 2.59. The number of hydrogen-bond donors (Lipinski definition) is 2. The highest BCUT2D eigenvalue weighted by Crippen LogP contribution is 2.22. The van der Waals surface area contributed by atoms with E-state index in [9.17, 15) is 0 Å². The van der Waals surface area contributed by atoms with Crippen LogP contribution in [0.4, 0.5) is 5.82 Å². The van der Waals surface area contributed by atoms with Crippen LogP contribution in [-0.4, -0.2) is 34.6 Å². The van der Waals surface area contributed by atoms with Crippen molar-refractivity contribution in [2.75, 3.05) is 24.6 Å². The van der Waals surface area contributed by atoms with Gasteiger partial charge in [-0.25, -0.2) is 0 Å². The van der Waals surface area contributed by atoms with Gasteiger partial charge in [-0.15, -0.1) is 0 Å². The summed E-state index contributed by atoms with van der Waals surface area (Å²) in [6, 6.07) is 0. The minimum Gasteiger partial charge on any atom is -0.395 e. The lowest BCUT2D eigenvalue weighted by atomic mass is 10.2. The summed E-state index contributed by atoms with van der Waals surface area (Å²) in [5.74, 6) is 1.05. The van der Waals surface area contributed by atoms with Crippen LogP contribution in [0, 0.1) is 6.92 Å². The molecule has 98 valence electrons. The van der Waals surface area contributed by atoms with Gasteiger partial charge in [0.2, 0.25) is 0 Å². The van der Waals surface area contributed by atoms with Crippen molar-refractivity contribution in [1.29, 1.82) is 0 Å². The molecule has 17 heavy (non-hydrogen) atoms. The van der Waals surface area contributed by atoms with Crippen molar-refractivity contribution in [1.82, 2.24) is 9.78 Å². The molecule has 0 radical (unpaired) electrons. The van der Waals surface area contributed by atoms with Crippen LogP contribution in [-0.2, 0) is 13.6 Å². The van der Waals surface area contributed by atoms with E-state index in [-0.39, 0.29) is 6.61 Å². The number of unbranched alkanes of at least 4 members (excludes halogenated alkanes) is 1. The number of aromatic nitrogens is 2. The number of aliphatic hydroxyl groups is 1. The molecule has 0 spiro atoms.